The minimum absolute atomic E-state index is 0.714. The summed E-state index contributed by atoms with van der Waals surface area (Å²) < 4.78 is 0. The lowest BCUT2D eigenvalue weighted by Crippen LogP contribution is -2.11. The van der Waals surface area contributed by atoms with Crippen molar-refractivity contribution in [2.24, 2.45) is 5.84 Å². The normalized spacial score (nSPS) is 11.0. The Balaban J connectivity index is 2.13. The van der Waals surface area contributed by atoms with Crippen molar-refractivity contribution >= 4 is 27.4 Å². The van der Waals surface area contributed by atoms with Gasteiger partial charge in [-0.1, -0.05) is 43.7 Å². The molecular weight excluding hydrogens is 280 g/mol. The molecular formula is C16H18N4S. The second-order valence-electron chi connectivity index (χ2n) is 4.93. The van der Waals surface area contributed by atoms with E-state index in [2.05, 4.69) is 39.8 Å². The molecule has 0 saturated carbocycles. The number of aryl methyl sites for hydroxylation is 1. The van der Waals surface area contributed by atoms with E-state index < -0.39 is 0 Å². The van der Waals surface area contributed by atoms with Gasteiger partial charge in [-0.05, 0) is 12.0 Å². The van der Waals surface area contributed by atoms with Crippen molar-refractivity contribution in [3.63, 3.8) is 0 Å². The summed E-state index contributed by atoms with van der Waals surface area (Å²) >= 11 is 1.64. The fraction of sp³-hybridized carbons (Fsp3) is 0.250. The number of anilines is 1. The molecule has 2 aromatic heterocycles. The number of nitrogens with one attached hydrogen (secondary N) is 1. The van der Waals surface area contributed by atoms with Crippen LogP contribution in [0.4, 0.5) is 5.82 Å². The Morgan fingerprint density at radius 2 is 2.00 bits per heavy atom. The van der Waals surface area contributed by atoms with Crippen LogP contribution in [0, 0.1) is 0 Å². The summed E-state index contributed by atoms with van der Waals surface area (Å²) in [4.78, 5) is 10.2. The van der Waals surface area contributed by atoms with E-state index in [1.807, 2.05) is 18.2 Å². The highest BCUT2D eigenvalue weighted by molar-refractivity contribution is 7.17. The van der Waals surface area contributed by atoms with E-state index in [-0.39, 0.29) is 0 Å². The largest absolute Gasteiger partial charge is 0.308 e. The number of nitrogens with zero attached hydrogens (tertiary/aromatic N) is 2. The highest BCUT2D eigenvalue weighted by atomic mass is 32.1. The van der Waals surface area contributed by atoms with Crippen LogP contribution in [-0.4, -0.2) is 9.97 Å². The maximum Gasteiger partial charge on any atom is 0.153 e. The number of rotatable bonds is 5. The predicted octanol–water partition coefficient (Wildman–Crippen LogP) is 3.99. The third kappa shape index (κ3) is 2.75. The first-order chi connectivity index (χ1) is 10.3. The first-order valence-corrected chi connectivity index (χ1v) is 8.01. The molecule has 4 nitrogen and oxygen atoms in total. The van der Waals surface area contributed by atoms with Gasteiger partial charge in [0.15, 0.2) is 5.82 Å². The maximum atomic E-state index is 5.68. The zero-order valence-electron chi connectivity index (χ0n) is 12.0. The second kappa shape index (κ2) is 6.20. The topological polar surface area (TPSA) is 63.8 Å². The zero-order valence-corrected chi connectivity index (χ0v) is 12.8. The fourth-order valence-corrected chi connectivity index (χ4v) is 3.33. The van der Waals surface area contributed by atoms with Gasteiger partial charge >= 0.3 is 0 Å². The number of thiophene rings is 1. The van der Waals surface area contributed by atoms with E-state index >= 15 is 0 Å². The first kappa shape index (κ1) is 14.0. The molecule has 0 bridgehead atoms. The van der Waals surface area contributed by atoms with Gasteiger partial charge in [0.05, 0.1) is 5.39 Å². The van der Waals surface area contributed by atoms with Crippen molar-refractivity contribution in [1.29, 1.82) is 0 Å². The SMILES string of the molecule is CCCCc1nc(NN)c2c(-c3ccccc3)csc2n1. The molecule has 0 aliphatic rings. The van der Waals surface area contributed by atoms with Crippen LogP contribution in [0.2, 0.25) is 0 Å². The Morgan fingerprint density at radius 3 is 2.71 bits per heavy atom. The number of hydrazine groups is 1. The smallest absolute Gasteiger partial charge is 0.153 e. The molecule has 0 fully saturated rings. The summed E-state index contributed by atoms with van der Waals surface area (Å²) in [5.41, 5.74) is 5.03. The number of hydrogen-bond donors (Lipinski definition) is 2. The summed E-state index contributed by atoms with van der Waals surface area (Å²) in [6.07, 6.45) is 3.11. The van der Waals surface area contributed by atoms with Gasteiger partial charge in [0.1, 0.15) is 10.7 Å². The van der Waals surface area contributed by atoms with E-state index in [4.69, 9.17) is 5.84 Å². The van der Waals surface area contributed by atoms with Crippen LogP contribution in [0.15, 0.2) is 35.7 Å². The third-order valence-corrected chi connectivity index (χ3v) is 4.33. The highest BCUT2D eigenvalue weighted by Crippen LogP contribution is 2.36. The Labute approximate surface area is 128 Å². The number of unbranched alkanes of at least 4 members (excludes halogenated alkanes) is 1. The summed E-state index contributed by atoms with van der Waals surface area (Å²) in [7, 11) is 0. The standard InChI is InChI=1S/C16H18N4S/c1-2-3-9-13-18-15(20-17)14-12(10-21-16(14)19-13)11-7-5-4-6-8-11/h4-8,10H,2-3,9,17H2,1H3,(H,18,19,20). The highest BCUT2D eigenvalue weighted by Gasteiger charge is 2.14. The molecule has 21 heavy (non-hydrogen) atoms. The quantitative estimate of drug-likeness (QED) is 0.552. The van der Waals surface area contributed by atoms with Crippen molar-refractivity contribution in [3.05, 3.63) is 41.5 Å². The van der Waals surface area contributed by atoms with Gasteiger partial charge in [-0.25, -0.2) is 15.8 Å². The molecule has 0 aliphatic carbocycles. The van der Waals surface area contributed by atoms with Crippen molar-refractivity contribution in [1.82, 2.24) is 9.97 Å². The third-order valence-electron chi connectivity index (χ3n) is 3.46. The number of aromatic nitrogens is 2. The average Bonchev–Trinajstić information content (AvgIpc) is 2.97. The Morgan fingerprint density at radius 1 is 1.19 bits per heavy atom. The zero-order chi connectivity index (χ0) is 14.7. The van der Waals surface area contributed by atoms with Crippen molar-refractivity contribution in [3.8, 4) is 11.1 Å². The molecule has 0 amide bonds. The van der Waals surface area contributed by atoms with Gasteiger partial charge in [0, 0.05) is 17.4 Å². The molecule has 3 N–H and O–H groups in total. The van der Waals surface area contributed by atoms with E-state index in [1.165, 1.54) is 0 Å². The lowest BCUT2D eigenvalue weighted by atomic mass is 10.1. The molecule has 0 radical (unpaired) electrons. The Hall–Kier alpha value is -1.98. The van der Waals surface area contributed by atoms with Crippen LogP contribution >= 0.6 is 11.3 Å². The summed E-state index contributed by atoms with van der Waals surface area (Å²) in [6, 6.07) is 10.3. The second-order valence-corrected chi connectivity index (χ2v) is 5.79. The monoisotopic (exact) mass is 298 g/mol. The maximum absolute atomic E-state index is 5.68. The van der Waals surface area contributed by atoms with Crippen molar-refractivity contribution in [2.75, 3.05) is 5.43 Å². The van der Waals surface area contributed by atoms with Gasteiger partial charge in [0.25, 0.3) is 0 Å². The molecule has 0 aliphatic heterocycles. The van der Waals surface area contributed by atoms with Crippen LogP contribution in [0.1, 0.15) is 25.6 Å². The minimum Gasteiger partial charge on any atom is -0.308 e. The lowest BCUT2D eigenvalue weighted by Gasteiger charge is -2.07. The van der Waals surface area contributed by atoms with E-state index in [9.17, 15) is 0 Å². The van der Waals surface area contributed by atoms with E-state index in [0.29, 0.717) is 5.82 Å². The number of nitrogens with two attached hydrogens (primary N) is 1. The predicted molar refractivity (Wildman–Crippen MR) is 89.3 cm³/mol. The summed E-state index contributed by atoms with van der Waals surface area (Å²) in [5, 5.41) is 3.13. The van der Waals surface area contributed by atoms with Crippen molar-refractivity contribution in [2.45, 2.75) is 26.2 Å². The van der Waals surface area contributed by atoms with Gasteiger partial charge < -0.3 is 5.43 Å². The van der Waals surface area contributed by atoms with Crippen LogP contribution < -0.4 is 11.3 Å². The number of hydrogen-bond acceptors (Lipinski definition) is 5. The average molecular weight is 298 g/mol. The van der Waals surface area contributed by atoms with Gasteiger partial charge in [-0.15, -0.1) is 11.3 Å². The van der Waals surface area contributed by atoms with E-state index in [1.54, 1.807) is 11.3 Å². The van der Waals surface area contributed by atoms with Gasteiger partial charge in [-0.2, -0.15) is 0 Å². The Bertz CT molecular complexity index is 737. The molecule has 0 spiro atoms. The lowest BCUT2D eigenvalue weighted by molar-refractivity contribution is 0.758. The summed E-state index contributed by atoms with van der Waals surface area (Å²) in [5.74, 6) is 7.26. The molecule has 0 saturated heterocycles. The van der Waals surface area contributed by atoms with Gasteiger partial charge in [0.2, 0.25) is 0 Å². The molecule has 0 unspecified atom stereocenters. The van der Waals surface area contributed by atoms with Crippen molar-refractivity contribution < 1.29 is 0 Å². The Kier molecular flexibility index (Phi) is 4.13. The van der Waals surface area contributed by atoms with E-state index in [0.717, 1.165) is 46.4 Å². The number of fused-ring (bicyclic) bond motifs is 1. The molecule has 1 aromatic carbocycles. The molecule has 0 atom stereocenters. The molecule has 5 heteroatoms. The van der Waals surface area contributed by atoms with Crippen LogP contribution in [0.5, 0.6) is 0 Å². The minimum atomic E-state index is 0.714. The number of benzene rings is 1. The van der Waals surface area contributed by atoms with Crippen LogP contribution in [0.25, 0.3) is 21.3 Å². The number of nitrogen functional groups attached to an aromatic ring is 1. The fourth-order valence-electron chi connectivity index (χ4n) is 2.37. The van der Waals surface area contributed by atoms with Gasteiger partial charge in [-0.3, -0.25) is 0 Å². The van der Waals surface area contributed by atoms with Crippen LogP contribution in [0.3, 0.4) is 0 Å². The first-order valence-electron chi connectivity index (χ1n) is 7.13. The molecule has 3 aromatic rings. The molecule has 3 rings (SSSR count). The molecule has 2 heterocycles. The van der Waals surface area contributed by atoms with Crippen LogP contribution in [-0.2, 0) is 6.42 Å². The summed E-state index contributed by atoms with van der Waals surface area (Å²) in [6.45, 7) is 2.17. The molecule has 108 valence electrons.